The van der Waals surface area contributed by atoms with Crippen LogP contribution in [-0.4, -0.2) is 4.98 Å². The summed E-state index contributed by atoms with van der Waals surface area (Å²) >= 11 is 9.30. The standard InChI is InChI=1S/C12H10BrClN2/c13-10-4-9(6-16-7-10)12(15)8-2-1-3-11(14)5-8/h1-7,12H,15H2. The minimum Gasteiger partial charge on any atom is -0.320 e. The molecule has 16 heavy (non-hydrogen) atoms. The molecule has 0 amide bonds. The Morgan fingerprint density at radius 1 is 1.19 bits per heavy atom. The van der Waals surface area contributed by atoms with Crippen LogP contribution in [0, 0.1) is 0 Å². The van der Waals surface area contributed by atoms with Gasteiger partial charge in [-0.3, -0.25) is 4.98 Å². The van der Waals surface area contributed by atoms with Gasteiger partial charge in [-0.2, -0.15) is 0 Å². The highest BCUT2D eigenvalue weighted by molar-refractivity contribution is 9.10. The molecule has 1 unspecified atom stereocenters. The van der Waals surface area contributed by atoms with Gasteiger partial charge in [0.1, 0.15) is 0 Å². The maximum atomic E-state index is 6.13. The molecule has 0 bridgehead atoms. The first-order valence-corrected chi connectivity index (χ1v) is 5.95. The largest absolute Gasteiger partial charge is 0.320 e. The van der Waals surface area contributed by atoms with Crippen LogP contribution in [0.5, 0.6) is 0 Å². The van der Waals surface area contributed by atoms with Gasteiger partial charge in [-0.1, -0.05) is 23.7 Å². The Hall–Kier alpha value is -0.900. The van der Waals surface area contributed by atoms with Gasteiger partial charge in [0.15, 0.2) is 0 Å². The van der Waals surface area contributed by atoms with E-state index in [4.69, 9.17) is 17.3 Å². The molecular formula is C12H10BrClN2. The van der Waals surface area contributed by atoms with E-state index in [-0.39, 0.29) is 6.04 Å². The number of pyridine rings is 1. The van der Waals surface area contributed by atoms with Crippen molar-refractivity contribution in [1.82, 2.24) is 4.98 Å². The Morgan fingerprint density at radius 2 is 2.00 bits per heavy atom. The highest BCUT2D eigenvalue weighted by Gasteiger charge is 2.09. The lowest BCUT2D eigenvalue weighted by Gasteiger charge is -2.12. The van der Waals surface area contributed by atoms with E-state index in [0.717, 1.165) is 15.6 Å². The number of hydrogen-bond donors (Lipinski definition) is 1. The van der Waals surface area contributed by atoms with Crippen molar-refractivity contribution in [3.63, 3.8) is 0 Å². The predicted octanol–water partition coefficient (Wildman–Crippen LogP) is 3.55. The second-order valence-electron chi connectivity index (χ2n) is 3.47. The van der Waals surface area contributed by atoms with Gasteiger partial charge < -0.3 is 5.73 Å². The van der Waals surface area contributed by atoms with Crippen LogP contribution in [0.3, 0.4) is 0 Å². The van der Waals surface area contributed by atoms with Gasteiger partial charge >= 0.3 is 0 Å². The molecule has 0 saturated carbocycles. The van der Waals surface area contributed by atoms with Crippen molar-refractivity contribution in [3.05, 3.63) is 63.3 Å². The lowest BCUT2D eigenvalue weighted by Crippen LogP contribution is -2.11. The van der Waals surface area contributed by atoms with Gasteiger partial charge in [0, 0.05) is 21.9 Å². The molecule has 0 aliphatic heterocycles. The summed E-state index contributed by atoms with van der Waals surface area (Å²) < 4.78 is 0.919. The molecule has 0 fully saturated rings. The molecule has 2 N–H and O–H groups in total. The third kappa shape index (κ3) is 2.61. The molecule has 2 aromatic rings. The quantitative estimate of drug-likeness (QED) is 0.921. The fourth-order valence-corrected chi connectivity index (χ4v) is 2.07. The number of rotatable bonds is 2. The van der Waals surface area contributed by atoms with Crippen LogP contribution in [0.4, 0.5) is 0 Å². The number of aromatic nitrogens is 1. The van der Waals surface area contributed by atoms with E-state index in [2.05, 4.69) is 20.9 Å². The van der Waals surface area contributed by atoms with Crippen LogP contribution in [0.2, 0.25) is 5.02 Å². The summed E-state index contributed by atoms with van der Waals surface area (Å²) in [6.45, 7) is 0. The van der Waals surface area contributed by atoms with Gasteiger partial charge in [-0.15, -0.1) is 0 Å². The van der Waals surface area contributed by atoms with Crippen LogP contribution < -0.4 is 5.73 Å². The Morgan fingerprint density at radius 3 is 2.69 bits per heavy atom. The van der Waals surface area contributed by atoms with Gasteiger partial charge in [0.25, 0.3) is 0 Å². The van der Waals surface area contributed by atoms with Crippen LogP contribution in [-0.2, 0) is 0 Å². The van der Waals surface area contributed by atoms with E-state index in [0.29, 0.717) is 5.02 Å². The lowest BCUT2D eigenvalue weighted by atomic mass is 10.0. The normalized spacial score (nSPS) is 12.4. The van der Waals surface area contributed by atoms with E-state index in [1.54, 1.807) is 12.4 Å². The highest BCUT2D eigenvalue weighted by atomic mass is 79.9. The summed E-state index contributed by atoms with van der Waals surface area (Å²) in [6.07, 6.45) is 3.49. The van der Waals surface area contributed by atoms with Crippen molar-refractivity contribution in [1.29, 1.82) is 0 Å². The SMILES string of the molecule is NC(c1cccc(Cl)c1)c1cncc(Br)c1. The number of hydrogen-bond acceptors (Lipinski definition) is 2. The Kier molecular flexibility index (Phi) is 3.59. The smallest absolute Gasteiger partial charge is 0.0567 e. The lowest BCUT2D eigenvalue weighted by molar-refractivity contribution is 0.862. The van der Waals surface area contributed by atoms with Crippen LogP contribution >= 0.6 is 27.5 Å². The molecular weight excluding hydrogens is 288 g/mol. The first-order valence-electron chi connectivity index (χ1n) is 4.78. The maximum Gasteiger partial charge on any atom is 0.0567 e. The zero-order chi connectivity index (χ0) is 11.5. The first kappa shape index (κ1) is 11.6. The molecule has 1 aromatic carbocycles. The average Bonchev–Trinajstić information content (AvgIpc) is 2.28. The topological polar surface area (TPSA) is 38.9 Å². The summed E-state index contributed by atoms with van der Waals surface area (Å²) in [5.74, 6) is 0. The molecule has 2 nitrogen and oxygen atoms in total. The number of benzene rings is 1. The second-order valence-corrected chi connectivity index (χ2v) is 4.82. The summed E-state index contributed by atoms with van der Waals surface area (Å²) in [5.41, 5.74) is 8.07. The fraction of sp³-hybridized carbons (Fsp3) is 0.0833. The third-order valence-electron chi connectivity index (χ3n) is 2.29. The van der Waals surface area contributed by atoms with E-state index in [1.165, 1.54) is 0 Å². The number of halogens is 2. The Balaban J connectivity index is 2.35. The van der Waals surface area contributed by atoms with Crippen LogP contribution in [0.1, 0.15) is 17.2 Å². The molecule has 1 atom stereocenters. The molecule has 0 saturated heterocycles. The monoisotopic (exact) mass is 296 g/mol. The average molecular weight is 298 g/mol. The predicted molar refractivity (Wildman–Crippen MR) is 69.4 cm³/mol. The molecule has 0 spiro atoms. The minimum atomic E-state index is -0.205. The minimum absolute atomic E-state index is 0.205. The summed E-state index contributed by atoms with van der Waals surface area (Å²) in [7, 11) is 0. The van der Waals surface area contributed by atoms with Crippen molar-refractivity contribution in [2.45, 2.75) is 6.04 Å². The molecule has 0 aliphatic rings. The van der Waals surface area contributed by atoms with E-state index in [1.807, 2.05) is 30.3 Å². The molecule has 0 aliphatic carbocycles. The molecule has 4 heteroatoms. The van der Waals surface area contributed by atoms with Gasteiger partial charge in [0.2, 0.25) is 0 Å². The van der Waals surface area contributed by atoms with E-state index in [9.17, 15) is 0 Å². The molecule has 82 valence electrons. The van der Waals surface area contributed by atoms with Crippen LogP contribution in [0.15, 0.2) is 47.2 Å². The van der Waals surface area contributed by atoms with E-state index < -0.39 is 0 Å². The molecule has 1 aromatic heterocycles. The Bertz CT molecular complexity index is 456. The van der Waals surface area contributed by atoms with Gasteiger partial charge in [-0.25, -0.2) is 0 Å². The summed E-state index contributed by atoms with van der Waals surface area (Å²) in [6, 6.07) is 9.30. The third-order valence-corrected chi connectivity index (χ3v) is 2.96. The molecule has 2 rings (SSSR count). The Labute approximate surface area is 108 Å². The van der Waals surface area contributed by atoms with Gasteiger partial charge in [-0.05, 0) is 45.3 Å². The van der Waals surface area contributed by atoms with Crippen molar-refractivity contribution in [2.75, 3.05) is 0 Å². The number of nitrogens with zero attached hydrogens (tertiary/aromatic N) is 1. The molecule has 1 heterocycles. The molecule has 0 radical (unpaired) electrons. The summed E-state index contributed by atoms with van der Waals surface area (Å²) in [4.78, 5) is 4.09. The van der Waals surface area contributed by atoms with E-state index >= 15 is 0 Å². The maximum absolute atomic E-state index is 6.13. The first-order chi connectivity index (χ1) is 7.66. The van der Waals surface area contributed by atoms with Crippen molar-refractivity contribution in [3.8, 4) is 0 Å². The zero-order valence-electron chi connectivity index (χ0n) is 8.40. The van der Waals surface area contributed by atoms with Crippen molar-refractivity contribution in [2.24, 2.45) is 5.73 Å². The zero-order valence-corrected chi connectivity index (χ0v) is 10.7. The van der Waals surface area contributed by atoms with Crippen LogP contribution in [0.25, 0.3) is 0 Å². The van der Waals surface area contributed by atoms with Gasteiger partial charge in [0.05, 0.1) is 6.04 Å². The summed E-state index contributed by atoms with van der Waals surface area (Å²) in [5, 5.41) is 0.691. The fourth-order valence-electron chi connectivity index (χ4n) is 1.49. The van der Waals surface area contributed by atoms with Crippen molar-refractivity contribution >= 4 is 27.5 Å². The highest BCUT2D eigenvalue weighted by Crippen LogP contribution is 2.23. The number of nitrogens with two attached hydrogens (primary N) is 1. The second kappa shape index (κ2) is 4.95. The van der Waals surface area contributed by atoms with Crippen molar-refractivity contribution < 1.29 is 0 Å².